The topological polar surface area (TPSA) is 0 Å². The summed E-state index contributed by atoms with van der Waals surface area (Å²) in [6, 6.07) is 0. The van der Waals surface area contributed by atoms with Crippen LogP contribution >= 0.6 is 0 Å². The van der Waals surface area contributed by atoms with Gasteiger partial charge in [-0.3, -0.25) is 0 Å². The summed E-state index contributed by atoms with van der Waals surface area (Å²) < 4.78 is 36.6. The number of alkyl halides is 3. The molecule has 0 spiro atoms. The molecule has 0 atom stereocenters. The first-order valence-electron chi connectivity index (χ1n) is 5.38. The highest BCUT2D eigenvalue weighted by atomic mass is 19.4. The molecule has 0 heterocycles. The first kappa shape index (κ1) is 13.8. The van der Waals surface area contributed by atoms with Crippen LogP contribution in [-0.4, -0.2) is 6.18 Å². The summed E-state index contributed by atoms with van der Waals surface area (Å²) >= 11 is 0. The fraction of sp³-hybridized carbons (Fsp3) is 1.00. The summed E-state index contributed by atoms with van der Waals surface area (Å²) in [5.74, 6) is -1.04. The smallest absolute Gasteiger partial charge is 0.171 e. The lowest BCUT2D eigenvalue weighted by Crippen LogP contribution is -2.30. The zero-order valence-corrected chi connectivity index (χ0v) is 9.54. The van der Waals surface area contributed by atoms with E-state index in [4.69, 9.17) is 0 Å². The standard InChI is InChI=1S/C9H15F3.C2H6/c1-8(2)5-3-7(4-6-8)9(10,11)12;1-2/h7H,3-6H2,1-2H3;1-2H3. The van der Waals surface area contributed by atoms with E-state index >= 15 is 0 Å². The van der Waals surface area contributed by atoms with Gasteiger partial charge in [0.2, 0.25) is 0 Å². The van der Waals surface area contributed by atoms with Gasteiger partial charge in [-0.05, 0) is 31.1 Å². The molecule has 0 amide bonds. The lowest BCUT2D eigenvalue weighted by Gasteiger charge is -2.34. The Morgan fingerprint density at radius 1 is 1.00 bits per heavy atom. The molecule has 0 unspecified atom stereocenters. The zero-order valence-electron chi connectivity index (χ0n) is 9.54. The van der Waals surface area contributed by atoms with E-state index in [1.807, 2.05) is 27.7 Å². The fourth-order valence-electron chi connectivity index (χ4n) is 1.73. The lowest BCUT2D eigenvalue weighted by molar-refractivity contribution is -0.186. The summed E-state index contributed by atoms with van der Waals surface area (Å²) in [5.41, 5.74) is 0.127. The second-order valence-electron chi connectivity index (χ2n) is 4.48. The van der Waals surface area contributed by atoms with Crippen molar-refractivity contribution in [1.29, 1.82) is 0 Å². The van der Waals surface area contributed by atoms with Crippen LogP contribution in [0.1, 0.15) is 53.4 Å². The molecule has 0 N–H and O–H groups in total. The minimum Gasteiger partial charge on any atom is -0.171 e. The number of hydrogen-bond donors (Lipinski definition) is 0. The third-order valence-corrected chi connectivity index (χ3v) is 2.80. The van der Waals surface area contributed by atoms with Crippen molar-refractivity contribution >= 4 is 0 Å². The van der Waals surface area contributed by atoms with Crippen LogP contribution in [0.4, 0.5) is 13.2 Å². The lowest BCUT2D eigenvalue weighted by atomic mass is 9.73. The molecule has 1 rings (SSSR count). The molecule has 1 aliphatic carbocycles. The molecule has 0 saturated heterocycles. The molecule has 1 fully saturated rings. The highest BCUT2D eigenvalue weighted by molar-refractivity contribution is 4.81. The minimum atomic E-state index is -3.96. The molecule has 14 heavy (non-hydrogen) atoms. The molecule has 0 aromatic rings. The second-order valence-corrected chi connectivity index (χ2v) is 4.48. The van der Waals surface area contributed by atoms with Gasteiger partial charge in [0.1, 0.15) is 0 Å². The van der Waals surface area contributed by atoms with E-state index in [2.05, 4.69) is 0 Å². The van der Waals surface area contributed by atoms with E-state index in [0.29, 0.717) is 25.7 Å². The fourth-order valence-corrected chi connectivity index (χ4v) is 1.73. The maximum absolute atomic E-state index is 12.2. The first-order valence-corrected chi connectivity index (χ1v) is 5.38. The molecular formula is C11H21F3. The van der Waals surface area contributed by atoms with Crippen molar-refractivity contribution in [2.45, 2.75) is 59.6 Å². The van der Waals surface area contributed by atoms with Crippen molar-refractivity contribution < 1.29 is 13.2 Å². The zero-order chi connectivity index (χ0) is 11.4. The van der Waals surface area contributed by atoms with Crippen molar-refractivity contribution in [2.75, 3.05) is 0 Å². The molecule has 0 bridgehead atoms. The summed E-state index contributed by atoms with van der Waals surface area (Å²) in [6.07, 6.45) is -1.92. The summed E-state index contributed by atoms with van der Waals surface area (Å²) in [7, 11) is 0. The van der Waals surface area contributed by atoms with Gasteiger partial charge in [-0.1, -0.05) is 27.7 Å². The molecule has 0 aromatic heterocycles. The first-order chi connectivity index (χ1) is 6.31. The van der Waals surface area contributed by atoms with Crippen LogP contribution in [0.5, 0.6) is 0 Å². The van der Waals surface area contributed by atoms with E-state index in [1.54, 1.807) is 0 Å². The van der Waals surface area contributed by atoms with E-state index in [-0.39, 0.29) is 5.41 Å². The molecule has 0 nitrogen and oxygen atoms in total. The largest absolute Gasteiger partial charge is 0.391 e. The Kier molecular flexibility index (Phi) is 4.96. The molecule has 0 radical (unpaired) electrons. The molecule has 1 aliphatic rings. The molecule has 86 valence electrons. The van der Waals surface area contributed by atoms with Crippen LogP contribution in [0.3, 0.4) is 0 Å². The van der Waals surface area contributed by atoms with Crippen molar-refractivity contribution in [3.05, 3.63) is 0 Å². The van der Waals surface area contributed by atoms with Crippen LogP contribution < -0.4 is 0 Å². The van der Waals surface area contributed by atoms with E-state index in [0.717, 1.165) is 0 Å². The van der Waals surface area contributed by atoms with E-state index < -0.39 is 12.1 Å². The average Bonchev–Trinajstić information content (AvgIpc) is 2.05. The predicted molar refractivity (Wildman–Crippen MR) is 53.1 cm³/mol. The number of hydrogen-bond acceptors (Lipinski definition) is 0. The molecule has 0 aliphatic heterocycles. The summed E-state index contributed by atoms with van der Waals surface area (Å²) in [5, 5.41) is 0. The number of halogens is 3. The van der Waals surface area contributed by atoms with Gasteiger partial charge in [-0.2, -0.15) is 13.2 Å². The van der Waals surface area contributed by atoms with E-state index in [9.17, 15) is 13.2 Å². The highest BCUT2D eigenvalue weighted by Crippen LogP contribution is 2.44. The molecule has 3 heteroatoms. The third kappa shape index (κ3) is 4.34. The third-order valence-electron chi connectivity index (χ3n) is 2.80. The van der Waals surface area contributed by atoms with Crippen LogP contribution in [0, 0.1) is 11.3 Å². The second kappa shape index (κ2) is 5.04. The van der Waals surface area contributed by atoms with Crippen molar-refractivity contribution in [1.82, 2.24) is 0 Å². The normalized spacial score (nSPS) is 22.5. The Hall–Kier alpha value is -0.210. The Bertz CT molecular complexity index is 148. The Balaban J connectivity index is 0.000000791. The van der Waals surface area contributed by atoms with Gasteiger partial charge in [-0.15, -0.1) is 0 Å². The summed E-state index contributed by atoms with van der Waals surface area (Å²) in [4.78, 5) is 0. The highest BCUT2D eigenvalue weighted by Gasteiger charge is 2.42. The monoisotopic (exact) mass is 210 g/mol. The summed E-state index contributed by atoms with van der Waals surface area (Å²) in [6.45, 7) is 8.08. The van der Waals surface area contributed by atoms with Gasteiger partial charge in [0.05, 0.1) is 5.92 Å². The number of rotatable bonds is 0. The van der Waals surface area contributed by atoms with Crippen LogP contribution in [0.2, 0.25) is 0 Å². The van der Waals surface area contributed by atoms with Crippen molar-refractivity contribution in [3.63, 3.8) is 0 Å². The van der Waals surface area contributed by atoms with Crippen LogP contribution in [-0.2, 0) is 0 Å². The van der Waals surface area contributed by atoms with Crippen LogP contribution in [0.15, 0.2) is 0 Å². The Labute approximate surface area is 84.9 Å². The molecule has 1 saturated carbocycles. The van der Waals surface area contributed by atoms with Crippen LogP contribution in [0.25, 0.3) is 0 Å². The predicted octanol–water partition coefficient (Wildman–Crippen LogP) is 4.79. The molecular weight excluding hydrogens is 189 g/mol. The van der Waals surface area contributed by atoms with Gasteiger partial charge in [0.15, 0.2) is 0 Å². The van der Waals surface area contributed by atoms with Gasteiger partial charge in [-0.25, -0.2) is 0 Å². The maximum atomic E-state index is 12.2. The van der Waals surface area contributed by atoms with Gasteiger partial charge in [0.25, 0.3) is 0 Å². The molecule has 0 aromatic carbocycles. The van der Waals surface area contributed by atoms with Crippen molar-refractivity contribution in [3.8, 4) is 0 Å². The van der Waals surface area contributed by atoms with Gasteiger partial charge >= 0.3 is 6.18 Å². The SMILES string of the molecule is CC.CC1(C)CCC(C(F)(F)F)CC1. The van der Waals surface area contributed by atoms with Gasteiger partial charge in [0, 0.05) is 0 Å². The quantitative estimate of drug-likeness (QED) is 0.539. The van der Waals surface area contributed by atoms with E-state index in [1.165, 1.54) is 0 Å². The Morgan fingerprint density at radius 3 is 1.64 bits per heavy atom. The Morgan fingerprint density at radius 2 is 1.36 bits per heavy atom. The van der Waals surface area contributed by atoms with Gasteiger partial charge < -0.3 is 0 Å². The minimum absolute atomic E-state index is 0.127. The maximum Gasteiger partial charge on any atom is 0.391 e. The van der Waals surface area contributed by atoms with Crippen molar-refractivity contribution in [2.24, 2.45) is 11.3 Å². The average molecular weight is 210 g/mol.